The Morgan fingerprint density at radius 3 is 2.61 bits per heavy atom. The molecule has 9 heteroatoms. The topological polar surface area (TPSA) is 109 Å². The average molecular weight is 440 g/mol. The highest BCUT2D eigenvalue weighted by atomic mass is 32.2. The molecule has 8 nitrogen and oxygen atoms in total. The molecule has 0 aromatic heterocycles. The van der Waals surface area contributed by atoms with E-state index >= 15 is 0 Å². The molecule has 0 saturated carbocycles. The fourth-order valence-corrected chi connectivity index (χ4v) is 3.66. The molecule has 1 fully saturated rings. The molecule has 3 N–H and O–H groups in total. The molecule has 1 saturated heterocycles. The van der Waals surface area contributed by atoms with Crippen LogP contribution in [0.1, 0.15) is 30.5 Å². The molecular weight excluding hydrogens is 414 g/mol. The molecule has 1 heterocycles. The zero-order chi connectivity index (χ0) is 22.4. The van der Waals surface area contributed by atoms with Crippen LogP contribution in [0.5, 0.6) is 5.75 Å². The molecule has 0 radical (unpaired) electrons. The highest BCUT2D eigenvalue weighted by Crippen LogP contribution is 2.25. The van der Waals surface area contributed by atoms with E-state index in [1.165, 1.54) is 23.8 Å². The Bertz CT molecular complexity index is 1020. The minimum Gasteiger partial charge on any atom is -0.496 e. The fraction of sp³-hybridized carbons (Fsp3) is 0.273. The summed E-state index contributed by atoms with van der Waals surface area (Å²) < 4.78 is 5.38. The van der Waals surface area contributed by atoms with Gasteiger partial charge in [0.1, 0.15) is 11.3 Å². The minimum absolute atomic E-state index is 0.0945. The van der Waals surface area contributed by atoms with E-state index in [0.29, 0.717) is 22.2 Å². The summed E-state index contributed by atoms with van der Waals surface area (Å²) in [4.78, 5) is 25.8. The van der Waals surface area contributed by atoms with Crippen LogP contribution in [-0.4, -0.2) is 40.9 Å². The van der Waals surface area contributed by atoms with Gasteiger partial charge < -0.3 is 15.8 Å². The van der Waals surface area contributed by atoms with E-state index in [2.05, 4.69) is 15.5 Å². The summed E-state index contributed by atoms with van der Waals surface area (Å²) in [5, 5.41) is 11.1. The molecule has 31 heavy (non-hydrogen) atoms. The van der Waals surface area contributed by atoms with E-state index in [-0.39, 0.29) is 12.5 Å². The van der Waals surface area contributed by atoms with Crippen molar-refractivity contribution < 1.29 is 14.3 Å². The maximum atomic E-state index is 12.5. The quantitative estimate of drug-likeness (QED) is 0.298. The number of nitrogens with zero attached hydrogens (tertiary/aromatic N) is 3. The molecule has 2 aromatic rings. The van der Waals surface area contributed by atoms with Gasteiger partial charge in [-0.05, 0) is 43.2 Å². The first-order valence-electron chi connectivity index (χ1n) is 9.64. The molecule has 0 bridgehead atoms. The van der Waals surface area contributed by atoms with Crippen molar-refractivity contribution in [2.75, 3.05) is 7.11 Å². The number of carbonyl (C=O) groups is 2. The van der Waals surface area contributed by atoms with E-state index in [1.807, 2.05) is 36.4 Å². The van der Waals surface area contributed by atoms with E-state index in [0.717, 1.165) is 11.1 Å². The first kappa shape index (κ1) is 22.4. The number of carbonyl (C=O) groups excluding carboxylic acids is 2. The van der Waals surface area contributed by atoms with E-state index in [1.54, 1.807) is 32.2 Å². The average Bonchev–Trinajstić information content (AvgIpc) is 2.94. The SMILES string of the molecule is COc1ccc(C=NN=C(N)SCc2ccccc2)cc1CN1C(=O)NC(C)(C)C1=O. The number of nitrogens with one attached hydrogen (secondary N) is 1. The van der Waals surface area contributed by atoms with E-state index < -0.39 is 11.6 Å². The number of hydrogen-bond acceptors (Lipinski definition) is 6. The van der Waals surface area contributed by atoms with Gasteiger partial charge in [0.15, 0.2) is 5.17 Å². The van der Waals surface area contributed by atoms with Gasteiger partial charge in [-0.3, -0.25) is 9.69 Å². The van der Waals surface area contributed by atoms with E-state index in [9.17, 15) is 9.59 Å². The Labute approximate surface area is 185 Å². The lowest BCUT2D eigenvalue weighted by Gasteiger charge is -2.17. The summed E-state index contributed by atoms with van der Waals surface area (Å²) >= 11 is 1.40. The molecule has 3 amide bonds. The molecule has 1 aliphatic heterocycles. The molecule has 0 spiro atoms. The number of thioether (sulfide) groups is 1. The number of amides is 3. The third-order valence-corrected chi connectivity index (χ3v) is 5.53. The van der Waals surface area contributed by atoms with Crippen LogP contribution in [0.2, 0.25) is 0 Å². The van der Waals surface area contributed by atoms with Gasteiger partial charge in [0, 0.05) is 11.3 Å². The maximum Gasteiger partial charge on any atom is 0.325 e. The molecule has 162 valence electrons. The number of amidine groups is 1. The maximum absolute atomic E-state index is 12.5. The van der Waals surface area contributed by atoms with Gasteiger partial charge in [0.25, 0.3) is 5.91 Å². The first-order chi connectivity index (χ1) is 14.8. The normalized spacial score (nSPS) is 16.1. The first-order valence-corrected chi connectivity index (χ1v) is 10.6. The van der Waals surface area contributed by atoms with Gasteiger partial charge in [0.05, 0.1) is 19.9 Å². The third kappa shape index (κ3) is 5.64. The van der Waals surface area contributed by atoms with Crippen LogP contribution in [-0.2, 0) is 17.1 Å². The Balaban J connectivity index is 1.68. The van der Waals surface area contributed by atoms with Gasteiger partial charge in [-0.25, -0.2) is 4.79 Å². The van der Waals surface area contributed by atoms with Crippen LogP contribution in [0.25, 0.3) is 0 Å². The molecule has 0 atom stereocenters. The Hall–Kier alpha value is -3.33. The van der Waals surface area contributed by atoms with E-state index in [4.69, 9.17) is 10.5 Å². The lowest BCUT2D eigenvalue weighted by Crippen LogP contribution is -2.40. The molecule has 0 aliphatic carbocycles. The zero-order valence-corrected chi connectivity index (χ0v) is 18.5. The number of rotatable bonds is 7. The lowest BCUT2D eigenvalue weighted by atomic mass is 10.1. The van der Waals surface area contributed by atoms with Gasteiger partial charge in [-0.2, -0.15) is 5.10 Å². The van der Waals surface area contributed by atoms with Crippen LogP contribution in [0.4, 0.5) is 4.79 Å². The number of nitrogens with two attached hydrogens (primary N) is 1. The monoisotopic (exact) mass is 439 g/mol. The Morgan fingerprint density at radius 1 is 1.23 bits per heavy atom. The molecule has 0 unspecified atom stereocenters. The van der Waals surface area contributed by atoms with Crippen molar-refractivity contribution in [3.63, 3.8) is 0 Å². The summed E-state index contributed by atoms with van der Waals surface area (Å²) in [6.45, 7) is 3.44. The second kappa shape index (κ2) is 9.65. The fourth-order valence-electron chi connectivity index (χ4n) is 3.05. The van der Waals surface area contributed by atoms with Crippen molar-refractivity contribution in [3.05, 3.63) is 65.2 Å². The molecule has 1 aliphatic rings. The smallest absolute Gasteiger partial charge is 0.325 e. The summed E-state index contributed by atoms with van der Waals surface area (Å²) in [6.07, 6.45) is 1.56. The Morgan fingerprint density at radius 2 is 1.97 bits per heavy atom. The Kier molecular flexibility index (Phi) is 6.96. The van der Waals surface area contributed by atoms with Crippen molar-refractivity contribution in [3.8, 4) is 5.75 Å². The second-order valence-corrected chi connectivity index (χ2v) is 8.47. The van der Waals surface area contributed by atoms with Crippen LogP contribution >= 0.6 is 11.8 Å². The molecule has 3 rings (SSSR count). The summed E-state index contributed by atoms with van der Waals surface area (Å²) in [5.41, 5.74) is 7.57. The number of methoxy groups -OCH3 is 1. The van der Waals surface area contributed by atoms with Crippen LogP contribution in [0.15, 0.2) is 58.7 Å². The predicted octanol–water partition coefficient (Wildman–Crippen LogP) is 3.11. The standard InChI is InChI=1S/C22H25N5O3S/c1-22(2)19(28)27(21(29)25-22)13-17-11-16(9-10-18(17)30-3)12-24-26-20(23)31-14-15-7-5-4-6-8-15/h4-12H,13-14H2,1-3H3,(H2,23,26)(H,25,29). The number of ether oxygens (including phenoxy) is 1. The summed E-state index contributed by atoms with van der Waals surface area (Å²) in [7, 11) is 1.54. The largest absolute Gasteiger partial charge is 0.496 e. The zero-order valence-electron chi connectivity index (χ0n) is 17.7. The van der Waals surface area contributed by atoms with Crippen molar-refractivity contribution in [1.29, 1.82) is 0 Å². The number of imide groups is 1. The van der Waals surface area contributed by atoms with Crippen molar-refractivity contribution in [1.82, 2.24) is 10.2 Å². The highest BCUT2D eigenvalue weighted by Gasteiger charge is 2.44. The lowest BCUT2D eigenvalue weighted by molar-refractivity contribution is -0.130. The molecular formula is C22H25N5O3S. The highest BCUT2D eigenvalue weighted by molar-refractivity contribution is 8.13. The van der Waals surface area contributed by atoms with Crippen molar-refractivity contribution in [2.24, 2.45) is 15.9 Å². The van der Waals surface area contributed by atoms with Crippen LogP contribution < -0.4 is 15.8 Å². The number of hydrogen-bond donors (Lipinski definition) is 2. The van der Waals surface area contributed by atoms with Crippen molar-refractivity contribution in [2.45, 2.75) is 31.7 Å². The summed E-state index contributed by atoms with van der Waals surface area (Å²) in [5.74, 6) is 0.996. The van der Waals surface area contributed by atoms with Gasteiger partial charge in [-0.15, -0.1) is 5.10 Å². The minimum atomic E-state index is -0.924. The van der Waals surface area contributed by atoms with Crippen molar-refractivity contribution >= 4 is 35.1 Å². The van der Waals surface area contributed by atoms with Gasteiger partial charge >= 0.3 is 6.03 Å². The van der Waals surface area contributed by atoms with Crippen LogP contribution in [0, 0.1) is 0 Å². The second-order valence-electron chi connectivity index (χ2n) is 7.47. The molecule has 2 aromatic carbocycles. The number of urea groups is 1. The predicted molar refractivity (Wildman–Crippen MR) is 123 cm³/mol. The third-order valence-electron chi connectivity index (χ3n) is 4.67. The number of benzene rings is 2. The van der Waals surface area contributed by atoms with Crippen LogP contribution in [0.3, 0.4) is 0 Å². The van der Waals surface area contributed by atoms with Gasteiger partial charge in [0.2, 0.25) is 0 Å². The van der Waals surface area contributed by atoms with Gasteiger partial charge in [-0.1, -0.05) is 42.1 Å². The summed E-state index contributed by atoms with van der Waals surface area (Å²) in [6, 6.07) is 14.9.